The number of aliphatic hydroxyl groups is 3. The Labute approximate surface area is 411 Å². The molecule has 0 radical (unpaired) electrons. The summed E-state index contributed by atoms with van der Waals surface area (Å²) < 4.78 is 42.1. The van der Waals surface area contributed by atoms with E-state index in [1.54, 1.807) is 12.3 Å². The lowest BCUT2D eigenvalue weighted by atomic mass is 9.72. The van der Waals surface area contributed by atoms with Crippen molar-refractivity contribution in [1.82, 2.24) is 19.6 Å². The third kappa shape index (κ3) is 10.2. The van der Waals surface area contributed by atoms with Gasteiger partial charge < -0.3 is 44.9 Å². The molecule has 372 valence electrons. The van der Waals surface area contributed by atoms with Gasteiger partial charge in [-0.3, -0.25) is 19.8 Å². The summed E-state index contributed by atoms with van der Waals surface area (Å²) in [4.78, 5) is 40.0. The number of aromatic nitrogens is 2. The van der Waals surface area contributed by atoms with Crippen molar-refractivity contribution in [3.63, 3.8) is 0 Å². The van der Waals surface area contributed by atoms with Crippen LogP contribution in [0.25, 0.3) is 16.6 Å². The number of ether oxygens (including phenoxy) is 2. The first-order valence-electron chi connectivity index (χ1n) is 23.5. The number of sulfonamides is 1. The maximum Gasteiger partial charge on any atom is 0.293 e. The van der Waals surface area contributed by atoms with E-state index < -0.39 is 61.5 Å². The predicted octanol–water partition coefficient (Wildman–Crippen LogP) is 6.62. The zero-order valence-corrected chi connectivity index (χ0v) is 41.1. The number of nitro benzene ring substituents is 1. The summed E-state index contributed by atoms with van der Waals surface area (Å²) in [6.45, 7) is 12.1. The number of H-pyrrole nitrogens is 1. The van der Waals surface area contributed by atoms with Crippen molar-refractivity contribution in [2.75, 3.05) is 67.5 Å². The number of piperazine rings is 1. The lowest BCUT2D eigenvalue weighted by Crippen LogP contribution is -2.63. The average molecular weight is 1000 g/mol. The molecule has 2 aromatic heterocycles. The van der Waals surface area contributed by atoms with Crippen molar-refractivity contribution in [3.05, 3.63) is 111 Å². The first-order valence-corrected chi connectivity index (χ1v) is 25.4. The fourth-order valence-electron chi connectivity index (χ4n) is 9.98. The fraction of sp³-hybridized carbons (Fsp3) is 0.440. The van der Waals surface area contributed by atoms with Crippen LogP contribution in [0.5, 0.6) is 5.88 Å². The molecule has 5 aromatic rings. The van der Waals surface area contributed by atoms with Gasteiger partial charge in [-0.25, -0.2) is 13.1 Å². The van der Waals surface area contributed by atoms with Gasteiger partial charge in [0.15, 0.2) is 0 Å². The molecule has 0 bridgehead atoms. The Morgan fingerprint density at radius 1 is 0.957 bits per heavy atom. The van der Waals surface area contributed by atoms with Gasteiger partial charge in [0.1, 0.15) is 41.4 Å². The van der Waals surface area contributed by atoms with E-state index >= 15 is 0 Å². The van der Waals surface area contributed by atoms with Crippen molar-refractivity contribution in [3.8, 4) is 5.88 Å². The van der Waals surface area contributed by atoms with Gasteiger partial charge >= 0.3 is 0 Å². The van der Waals surface area contributed by atoms with Crippen molar-refractivity contribution >= 4 is 72.6 Å². The third-order valence-corrected chi connectivity index (χ3v) is 15.6. The minimum absolute atomic E-state index is 0.0453. The fourth-order valence-corrected chi connectivity index (χ4v) is 11.1. The van der Waals surface area contributed by atoms with Crippen LogP contribution in [0.2, 0.25) is 5.02 Å². The van der Waals surface area contributed by atoms with E-state index in [0.29, 0.717) is 60.6 Å². The van der Waals surface area contributed by atoms with Crippen LogP contribution in [-0.4, -0.2) is 132 Å². The monoisotopic (exact) mass is 998 g/mol. The maximum atomic E-state index is 14.4. The Bertz CT molecular complexity index is 2940. The summed E-state index contributed by atoms with van der Waals surface area (Å²) in [7, 11) is -4.71. The second-order valence-electron chi connectivity index (χ2n) is 19.9. The molecule has 5 heterocycles. The van der Waals surface area contributed by atoms with Crippen molar-refractivity contribution in [2.24, 2.45) is 5.41 Å². The highest BCUT2D eigenvalue weighted by atomic mass is 35.5. The minimum atomic E-state index is -4.71. The van der Waals surface area contributed by atoms with E-state index in [4.69, 9.17) is 26.1 Å². The molecule has 4 unspecified atom stereocenters. The zero-order valence-electron chi connectivity index (χ0n) is 39.5. The van der Waals surface area contributed by atoms with E-state index in [1.807, 2.05) is 41.3 Å². The Balaban J connectivity index is 0.977. The van der Waals surface area contributed by atoms with E-state index in [-0.39, 0.29) is 23.2 Å². The number of aliphatic hydroxyl groups excluding tert-OH is 3. The van der Waals surface area contributed by atoms with Crippen LogP contribution in [0, 0.1) is 15.5 Å². The number of nitro groups is 1. The Morgan fingerprint density at radius 3 is 2.46 bits per heavy atom. The van der Waals surface area contributed by atoms with Crippen LogP contribution in [-0.2, 0) is 14.8 Å². The highest BCUT2D eigenvalue weighted by Crippen LogP contribution is 2.44. The minimum Gasteiger partial charge on any atom is -0.476 e. The molecule has 0 spiro atoms. The number of nitrogens with one attached hydrogen (secondary N) is 3. The molecule has 1 aliphatic carbocycles. The topological polar surface area (TPSA) is 236 Å². The predicted molar refractivity (Wildman–Crippen MR) is 268 cm³/mol. The van der Waals surface area contributed by atoms with Crippen LogP contribution in [0.1, 0.15) is 69.3 Å². The number of pyridine rings is 1. The van der Waals surface area contributed by atoms with E-state index in [9.17, 15) is 38.6 Å². The van der Waals surface area contributed by atoms with Gasteiger partial charge in [-0.1, -0.05) is 43.2 Å². The number of rotatable bonds is 12. The lowest BCUT2D eigenvalue weighted by molar-refractivity contribution is -0.384. The van der Waals surface area contributed by atoms with Gasteiger partial charge in [0, 0.05) is 74.2 Å². The molecule has 70 heavy (non-hydrogen) atoms. The van der Waals surface area contributed by atoms with Crippen LogP contribution in [0.3, 0.4) is 0 Å². The van der Waals surface area contributed by atoms with Crippen LogP contribution >= 0.6 is 11.6 Å². The summed E-state index contributed by atoms with van der Waals surface area (Å²) >= 11 is 6.27. The molecule has 2 fully saturated rings. The Kier molecular flexibility index (Phi) is 13.6. The number of hydrogen-bond acceptors (Lipinski definition) is 15. The maximum absolute atomic E-state index is 14.4. The van der Waals surface area contributed by atoms with Gasteiger partial charge in [0.05, 0.1) is 33.3 Å². The quantitative estimate of drug-likeness (QED) is 0.0569. The van der Waals surface area contributed by atoms with Crippen LogP contribution in [0.4, 0.5) is 28.4 Å². The number of hydrogen-bond donors (Lipinski definition) is 6. The van der Waals surface area contributed by atoms with Crippen molar-refractivity contribution in [1.29, 1.82) is 0 Å². The van der Waals surface area contributed by atoms with Gasteiger partial charge in [-0.2, -0.15) is 4.98 Å². The van der Waals surface area contributed by atoms with Crippen LogP contribution in [0.15, 0.2) is 89.5 Å². The Hall–Kier alpha value is -5.80. The van der Waals surface area contributed by atoms with Gasteiger partial charge in [-0.15, -0.1) is 0 Å². The number of amides is 1. The number of halogens is 1. The molecule has 1 amide bonds. The molecule has 4 aliphatic rings. The smallest absolute Gasteiger partial charge is 0.293 e. The number of allylic oxidation sites excluding steroid dienone is 1. The van der Waals surface area contributed by atoms with Crippen LogP contribution < -0.4 is 24.6 Å². The number of anilines is 4. The molecular weight excluding hydrogens is 940 g/mol. The lowest BCUT2D eigenvalue weighted by Gasteiger charge is -2.45. The number of fused-ring (bicyclic) bond motifs is 2. The van der Waals surface area contributed by atoms with Gasteiger partial charge in [-0.05, 0) is 111 Å². The summed E-state index contributed by atoms with van der Waals surface area (Å²) in [5.74, 6) is -0.599. The SMILES string of the molecule is CC1(C)CCC(CN2CCN(c3ccc(C(=O)NS(=O)(=O)c4ccc(NCC5OC(C)(C)C(O)C(O)C5O)c([N+](=O)[O-])c4)c(N4CCCOc5nc6[nH]ccc6cc54)c3)CC2)=C(c2ccc(Cl)cc2)C1. The largest absolute Gasteiger partial charge is 0.476 e. The number of carbonyl (C=O) groups excluding carboxylic acids is 1. The van der Waals surface area contributed by atoms with Crippen molar-refractivity contribution in [2.45, 2.75) is 88.3 Å². The number of benzene rings is 3. The number of aromatic amines is 1. The second kappa shape index (κ2) is 19.4. The number of carbonyl (C=O) groups is 1. The standard InChI is InChI=1S/C50H59ClN8O10S/c1-49(2)16-14-32(37(27-49)30-6-8-33(51)9-7-30)29-56-19-21-57(22-20-56)34-10-12-36(39(25-34)58-18-5-23-68-48-41(58)24-31-15-17-52-46(31)54-48)47(63)55-70(66,67)35-11-13-38(40(26-35)59(64)65)53-28-42-43(60)44(61)45(62)50(3,4)69-42/h6-13,15,17,24-26,42-45,53,60-62H,5,14,16,18-23,27-29H2,1-4H3,(H,52,54)(H,55,63). The van der Waals surface area contributed by atoms with E-state index in [1.165, 1.54) is 36.6 Å². The molecule has 3 aromatic carbocycles. The first kappa shape index (κ1) is 49.2. The molecule has 20 heteroatoms. The molecule has 6 N–H and O–H groups in total. The summed E-state index contributed by atoms with van der Waals surface area (Å²) in [6.07, 6.45) is -0.0536. The molecule has 3 aliphatic heterocycles. The average Bonchev–Trinajstić information content (AvgIpc) is 3.69. The molecular formula is C50H59ClN8O10S. The molecule has 0 saturated carbocycles. The summed E-state index contributed by atoms with van der Waals surface area (Å²) in [5.41, 5.74) is 4.84. The second-order valence-corrected chi connectivity index (χ2v) is 22.0. The molecule has 4 atom stereocenters. The molecule has 9 rings (SSSR count). The van der Waals surface area contributed by atoms with Gasteiger partial charge in [0.25, 0.3) is 21.6 Å². The summed E-state index contributed by atoms with van der Waals surface area (Å²) in [5, 5.41) is 47.9. The first-order chi connectivity index (χ1) is 33.3. The Morgan fingerprint density at radius 2 is 1.71 bits per heavy atom. The normalized spacial score (nSPS) is 22.8. The van der Waals surface area contributed by atoms with E-state index in [2.05, 4.69) is 50.8 Å². The summed E-state index contributed by atoms with van der Waals surface area (Å²) in [6, 6.07) is 20.4. The molecule has 2 saturated heterocycles. The molecule has 18 nitrogen and oxygen atoms in total. The van der Waals surface area contributed by atoms with Gasteiger partial charge in [0.2, 0.25) is 5.88 Å². The third-order valence-electron chi connectivity index (χ3n) is 14.0. The highest BCUT2D eigenvalue weighted by Gasteiger charge is 2.48. The highest BCUT2D eigenvalue weighted by molar-refractivity contribution is 7.90. The number of nitrogens with zero attached hydrogens (tertiary/aromatic N) is 5. The van der Waals surface area contributed by atoms with Crippen molar-refractivity contribution < 1.29 is 42.9 Å². The zero-order chi connectivity index (χ0) is 49.7. The van der Waals surface area contributed by atoms with E-state index in [0.717, 1.165) is 62.1 Å².